The lowest BCUT2D eigenvalue weighted by Crippen LogP contribution is -2.46. The smallest absolute Gasteiger partial charge is 0.269 e. The number of rotatable bonds is 5. The number of benzene rings is 4. The summed E-state index contributed by atoms with van der Waals surface area (Å²) in [7, 11) is 1.56. The van der Waals surface area contributed by atoms with Gasteiger partial charge in [-0.3, -0.25) is 10.1 Å². The van der Waals surface area contributed by atoms with E-state index in [1.165, 1.54) is 6.07 Å². The zero-order chi connectivity index (χ0) is 29.7. The maximum Gasteiger partial charge on any atom is 0.269 e. The number of aromatic nitrogens is 2. The van der Waals surface area contributed by atoms with Crippen LogP contribution >= 0.6 is 11.6 Å². The van der Waals surface area contributed by atoms with E-state index < -0.39 is 6.04 Å². The summed E-state index contributed by atoms with van der Waals surface area (Å²) in [6.45, 7) is 1.94. The van der Waals surface area contributed by atoms with Crippen molar-refractivity contribution in [2.45, 2.75) is 13.0 Å². The van der Waals surface area contributed by atoms with Crippen molar-refractivity contribution in [3.63, 3.8) is 0 Å². The number of anilines is 2. The summed E-state index contributed by atoms with van der Waals surface area (Å²) in [5.41, 5.74) is 5.39. The van der Waals surface area contributed by atoms with Gasteiger partial charge >= 0.3 is 0 Å². The predicted molar refractivity (Wildman–Crippen MR) is 168 cm³/mol. The highest BCUT2D eigenvalue weighted by Crippen LogP contribution is 2.48. The second kappa shape index (κ2) is 10.4. The molecule has 0 saturated carbocycles. The van der Waals surface area contributed by atoms with E-state index in [2.05, 4.69) is 10.2 Å². The third-order valence-electron chi connectivity index (χ3n) is 7.45. The zero-order valence-electron chi connectivity index (χ0n) is 23.1. The molecule has 2 aliphatic heterocycles. The number of hydrogen-bond acceptors (Lipinski definition) is 8. The fourth-order valence-corrected chi connectivity index (χ4v) is 5.81. The van der Waals surface area contributed by atoms with Crippen LogP contribution in [-0.4, -0.2) is 33.5 Å². The van der Waals surface area contributed by atoms with Gasteiger partial charge in [0.25, 0.3) is 5.69 Å². The number of nitro groups is 1. The molecule has 7 rings (SSSR count). The standard InChI is InChI=1S/C32H24ClN7O3/c1-19-28-29(20-9-8-12-23(17-20)40(41)42)38-26-14-7-6-13-25(26)35-30(34-21-15-16-27(43-2)24(33)18-21)32(38)36-31(28)39(37-19)22-10-4-3-5-11-22/h3-18,29H,1-2H3,(H,34,35)/t29-/m0/s1. The van der Waals surface area contributed by atoms with Crippen LogP contribution in [-0.2, 0) is 0 Å². The highest BCUT2D eigenvalue weighted by Gasteiger charge is 2.41. The maximum absolute atomic E-state index is 11.9. The highest BCUT2D eigenvalue weighted by molar-refractivity contribution is 6.51. The molecule has 11 heteroatoms. The largest absolute Gasteiger partial charge is 0.495 e. The van der Waals surface area contributed by atoms with Gasteiger partial charge in [-0.05, 0) is 55.0 Å². The fraction of sp³-hybridized carbons (Fsp3) is 0.0938. The second-order valence-electron chi connectivity index (χ2n) is 10.1. The summed E-state index contributed by atoms with van der Waals surface area (Å²) in [6, 6.07) is 29.1. The molecular weight excluding hydrogens is 566 g/mol. The lowest BCUT2D eigenvalue weighted by Gasteiger charge is -2.40. The number of aryl methyl sites for hydroxylation is 1. The molecule has 1 aromatic heterocycles. The summed E-state index contributed by atoms with van der Waals surface area (Å²) >= 11 is 6.46. The summed E-state index contributed by atoms with van der Waals surface area (Å²) in [6.07, 6.45) is 0. The van der Waals surface area contributed by atoms with Gasteiger partial charge in [0.2, 0.25) is 0 Å². The van der Waals surface area contributed by atoms with E-state index in [1.807, 2.05) is 78.3 Å². The van der Waals surface area contributed by atoms with Gasteiger partial charge in [0.05, 0.1) is 45.9 Å². The van der Waals surface area contributed by atoms with Crippen molar-refractivity contribution >= 4 is 51.8 Å². The summed E-state index contributed by atoms with van der Waals surface area (Å²) < 4.78 is 7.14. The Kier molecular flexibility index (Phi) is 6.40. The Morgan fingerprint density at radius 3 is 2.51 bits per heavy atom. The van der Waals surface area contributed by atoms with Crippen molar-refractivity contribution in [1.82, 2.24) is 9.78 Å². The Hall–Kier alpha value is -5.48. The first-order valence-corrected chi connectivity index (χ1v) is 13.9. The second-order valence-corrected chi connectivity index (χ2v) is 10.5. The minimum Gasteiger partial charge on any atom is -0.495 e. The summed E-state index contributed by atoms with van der Waals surface area (Å²) in [4.78, 5) is 23.7. The molecule has 1 atom stereocenters. The van der Waals surface area contributed by atoms with Gasteiger partial charge in [-0.25, -0.2) is 14.7 Å². The van der Waals surface area contributed by atoms with E-state index >= 15 is 0 Å². The van der Waals surface area contributed by atoms with Crippen molar-refractivity contribution in [3.05, 3.63) is 129 Å². The van der Waals surface area contributed by atoms with Crippen LogP contribution in [0.4, 0.5) is 28.6 Å². The Bertz CT molecular complexity index is 1970. The van der Waals surface area contributed by atoms with Crippen LogP contribution in [0.15, 0.2) is 107 Å². The van der Waals surface area contributed by atoms with Crippen molar-refractivity contribution in [1.29, 1.82) is 0 Å². The molecule has 0 spiro atoms. The van der Waals surface area contributed by atoms with Crippen LogP contribution in [0.25, 0.3) is 5.69 Å². The number of non-ortho nitro benzene ring substituents is 1. The van der Waals surface area contributed by atoms with Crippen molar-refractivity contribution in [2.75, 3.05) is 17.3 Å². The number of halogens is 1. The molecule has 1 N–H and O–H groups in total. The van der Waals surface area contributed by atoms with E-state index in [0.717, 1.165) is 33.9 Å². The molecule has 10 nitrogen and oxygen atoms in total. The molecule has 0 unspecified atom stereocenters. The van der Waals surface area contributed by atoms with E-state index in [0.29, 0.717) is 33.9 Å². The molecule has 212 valence electrons. The van der Waals surface area contributed by atoms with E-state index in [9.17, 15) is 10.1 Å². The Morgan fingerprint density at radius 2 is 1.74 bits per heavy atom. The first-order chi connectivity index (χ1) is 20.9. The quantitative estimate of drug-likeness (QED) is 0.167. The molecule has 0 amide bonds. The minimum absolute atomic E-state index is 0.00130. The molecule has 2 aliphatic rings. The number of aliphatic imine (C=N–C) groups is 2. The fourth-order valence-electron chi connectivity index (χ4n) is 5.55. The molecule has 0 radical (unpaired) electrons. The number of ether oxygens (including phenoxy) is 1. The van der Waals surface area contributed by atoms with Crippen LogP contribution in [0.5, 0.6) is 5.75 Å². The lowest BCUT2D eigenvalue weighted by molar-refractivity contribution is -0.384. The van der Waals surface area contributed by atoms with Gasteiger partial charge in [0.1, 0.15) is 5.75 Å². The van der Waals surface area contributed by atoms with Gasteiger partial charge in [-0.1, -0.05) is 54.1 Å². The minimum atomic E-state index is -0.493. The Labute approximate surface area is 251 Å². The van der Waals surface area contributed by atoms with Crippen LogP contribution in [0, 0.1) is 17.0 Å². The number of methoxy groups -OCH3 is 1. The molecular formula is C32H24ClN7O3. The van der Waals surface area contributed by atoms with Gasteiger partial charge in [0, 0.05) is 23.4 Å². The molecule has 43 heavy (non-hydrogen) atoms. The van der Waals surface area contributed by atoms with Crippen molar-refractivity contribution in [2.24, 2.45) is 9.98 Å². The first kappa shape index (κ1) is 26.4. The van der Waals surface area contributed by atoms with E-state index in [1.54, 1.807) is 31.4 Å². The summed E-state index contributed by atoms with van der Waals surface area (Å²) in [5, 5.41) is 20.6. The molecule has 0 fully saturated rings. The van der Waals surface area contributed by atoms with Crippen LogP contribution < -0.4 is 15.0 Å². The molecule has 0 saturated heterocycles. The monoisotopic (exact) mass is 589 g/mol. The van der Waals surface area contributed by atoms with Crippen LogP contribution in [0.1, 0.15) is 22.9 Å². The molecule has 4 aromatic carbocycles. The van der Waals surface area contributed by atoms with E-state index in [-0.39, 0.29) is 10.6 Å². The van der Waals surface area contributed by atoms with Crippen LogP contribution in [0.3, 0.4) is 0 Å². The van der Waals surface area contributed by atoms with Crippen molar-refractivity contribution < 1.29 is 9.66 Å². The number of fused-ring (bicyclic) bond motifs is 4. The average molecular weight is 590 g/mol. The van der Waals surface area contributed by atoms with Crippen LogP contribution in [0.2, 0.25) is 5.02 Å². The predicted octanol–water partition coefficient (Wildman–Crippen LogP) is 7.55. The Balaban J connectivity index is 1.48. The third kappa shape index (κ3) is 4.48. The van der Waals surface area contributed by atoms with Gasteiger partial charge in [-0.2, -0.15) is 5.10 Å². The maximum atomic E-state index is 11.9. The first-order valence-electron chi connectivity index (χ1n) is 13.5. The number of nitro benzene ring substituents is 1. The average Bonchev–Trinajstić information content (AvgIpc) is 3.36. The van der Waals surface area contributed by atoms with Crippen molar-refractivity contribution in [3.8, 4) is 11.4 Å². The lowest BCUT2D eigenvalue weighted by atomic mass is 9.93. The molecule has 5 aromatic rings. The number of hydrogen-bond donors (Lipinski definition) is 1. The number of para-hydroxylation sites is 3. The molecule has 3 heterocycles. The SMILES string of the molecule is COc1ccc(NC2=Nc3ccccc3N3C2=Nc2c(c(C)nn2-c2ccccc2)[C@@H]3c2cccc([N+](=O)[O-])c2)cc1Cl. The normalized spacial score (nSPS) is 15.0. The number of nitrogens with zero attached hydrogens (tertiary/aromatic N) is 6. The Morgan fingerprint density at radius 1 is 0.953 bits per heavy atom. The van der Waals surface area contributed by atoms with E-state index in [4.69, 9.17) is 31.4 Å². The van der Waals surface area contributed by atoms with Gasteiger partial charge in [-0.15, -0.1) is 0 Å². The number of amidine groups is 2. The molecule has 0 aliphatic carbocycles. The van der Waals surface area contributed by atoms with Gasteiger partial charge in [0.15, 0.2) is 17.5 Å². The zero-order valence-corrected chi connectivity index (χ0v) is 23.9. The highest BCUT2D eigenvalue weighted by atomic mass is 35.5. The topological polar surface area (TPSA) is 110 Å². The summed E-state index contributed by atoms with van der Waals surface area (Å²) in [5.74, 6) is 2.19. The molecule has 0 bridgehead atoms. The van der Waals surface area contributed by atoms with Gasteiger partial charge < -0.3 is 15.0 Å². The third-order valence-corrected chi connectivity index (χ3v) is 7.75. The number of nitrogens with one attached hydrogen (secondary N) is 1.